The molecule has 2 aliphatic rings. The molecule has 0 aliphatic carbocycles. The number of primary amides is 1. The molecule has 1 amide bonds. The lowest BCUT2D eigenvalue weighted by atomic mass is 9.95. The van der Waals surface area contributed by atoms with E-state index in [2.05, 4.69) is 9.89 Å². The van der Waals surface area contributed by atoms with Crippen molar-refractivity contribution in [1.82, 2.24) is 4.98 Å². The van der Waals surface area contributed by atoms with Crippen molar-refractivity contribution in [3.8, 4) is 0 Å². The molecule has 2 aromatic rings. The van der Waals surface area contributed by atoms with Crippen LogP contribution in [0.4, 0.5) is 10.8 Å². The summed E-state index contributed by atoms with van der Waals surface area (Å²) in [4.78, 5) is 24.6. The molecule has 0 atom stereocenters. The van der Waals surface area contributed by atoms with Crippen LogP contribution in [0.2, 0.25) is 0 Å². The second kappa shape index (κ2) is 7.98. The molecule has 160 valence electrons. The van der Waals surface area contributed by atoms with Crippen molar-refractivity contribution >= 4 is 44.0 Å². The average Bonchev–Trinajstić information content (AvgIpc) is 3.15. The van der Waals surface area contributed by atoms with E-state index < -0.39 is 11.5 Å². The molecular weight excluding hydrogens is 402 g/mol. The largest absolute Gasteiger partial charge is 0.396 e. The third-order valence-electron chi connectivity index (χ3n) is 5.66. The van der Waals surface area contributed by atoms with E-state index in [4.69, 9.17) is 10.7 Å². The molecule has 0 bridgehead atoms. The Bertz CT molecular complexity index is 1020. The Morgan fingerprint density at radius 2 is 2.07 bits per heavy atom. The van der Waals surface area contributed by atoms with E-state index in [0.29, 0.717) is 5.92 Å². The minimum absolute atomic E-state index is 0.239. The number of carbonyl (C=O) groups is 1. The number of carbonyl (C=O) groups excluding carboxylic acids is 1. The molecule has 4 rings (SSSR count). The molecule has 0 spiro atoms. The number of nitrogens with zero attached hydrogens (tertiary/aromatic N) is 4. The monoisotopic (exact) mass is 429 g/mol. The minimum atomic E-state index is -1.08. The fourth-order valence-electron chi connectivity index (χ4n) is 3.85. The Morgan fingerprint density at radius 3 is 2.63 bits per heavy atom. The molecule has 0 radical (unpaired) electrons. The molecular formula is C21H27N5O3S. The summed E-state index contributed by atoms with van der Waals surface area (Å²) in [5.41, 5.74) is 6.90. The first-order valence-corrected chi connectivity index (χ1v) is 10.9. The van der Waals surface area contributed by atoms with Crippen molar-refractivity contribution in [2.45, 2.75) is 32.3 Å². The van der Waals surface area contributed by atoms with Gasteiger partial charge in [-0.05, 0) is 50.8 Å². The van der Waals surface area contributed by atoms with Crippen molar-refractivity contribution in [2.24, 2.45) is 16.6 Å². The van der Waals surface area contributed by atoms with E-state index >= 15 is 0 Å². The standard InChI is InChI=1S/C21H27N5O3S/c1-21(2,29)14-9-16-18(10-17(14)26-8-5-15(19(22)28)23-12-26)30-20(24-16)25-6-3-13(11-27)4-7-25/h5,8-10,13,27,29H,3-4,6-7,11-12H2,1-2H3,(H2,22,28). The van der Waals surface area contributed by atoms with Crippen molar-refractivity contribution in [3.05, 3.63) is 30.0 Å². The molecule has 1 aromatic carbocycles. The summed E-state index contributed by atoms with van der Waals surface area (Å²) in [6.45, 7) is 5.76. The highest BCUT2D eigenvalue weighted by Gasteiger charge is 2.27. The number of anilines is 2. The van der Waals surface area contributed by atoms with Crippen LogP contribution in [0.15, 0.2) is 29.4 Å². The van der Waals surface area contributed by atoms with Crippen LogP contribution in [0.1, 0.15) is 32.3 Å². The van der Waals surface area contributed by atoms with Gasteiger partial charge < -0.3 is 25.7 Å². The van der Waals surface area contributed by atoms with Gasteiger partial charge in [-0.1, -0.05) is 11.3 Å². The maximum Gasteiger partial charge on any atom is 0.266 e. The van der Waals surface area contributed by atoms with Crippen molar-refractivity contribution < 1.29 is 15.0 Å². The highest BCUT2D eigenvalue weighted by Crippen LogP contribution is 2.39. The maximum atomic E-state index is 11.3. The van der Waals surface area contributed by atoms with Crippen LogP contribution in [-0.4, -0.2) is 53.2 Å². The van der Waals surface area contributed by atoms with Crippen LogP contribution in [-0.2, 0) is 10.4 Å². The molecule has 8 nitrogen and oxygen atoms in total. The lowest BCUT2D eigenvalue weighted by Crippen LogP contribution is -2.34. The quantitative estimate of drug-likeness (QED) is 0.669. The molecule has 0 unspecified atom stereocenters. The maximum absolute atomic E-state index is 11.3. The predicted octanol–water partition coefficient (Wildman–Crippen LogP) is 1.95. The SMILES string of the molecule is CC(C)(O)c1cc2nc(N3CCC(CO)CC3)sc2cc1N1C=CC(C(N)=O)=NC1. The molecule has 3 heterocycles. The summed E-state index contributed by atoms with van der Waals surface area (Å²) >= 11 is 1.63. The number of piperidine rings is 1. The van der Waals surface area contributed by atoms with E-state index in [1.54, 1.807) is 37.5 Å². The first kappa shape index (κ1) is 20.8. The number of aliphatic imine (C=N–C) groups is 1. The molecule has 4 N–H and O–H groups in total. The third kappa shape index (κ3) is 4.05. The molecule has 2 aliphatic heterocycles. The van der Waals surface area contributed by atoms with Gasteiger partial charge in [0.1, 0.15) is 12.4 Å². The zero-order chi connectivity index (χ0) is 21.5. The number of rotatable bonds is 5. The van der Waals surface area contributed by atoms with Crippen LogP contribution >= 0.6 is 11.3 Å². The summed E-state index contributed by atoms with van der Waals surface area (Å²) in [6.07, 6.45) is 5.29. The minimum Gasteiger partial charge on any atom is -0.396 e. The van der Waals surface area contributed by atoms with E-state index in [0.717, 1.165) is 52.5 Å². The van der Waals surface area contributed by atoms with E-state index in [-0.39, 0.29) is 19.0 Å². The number of thiazole rings is 1. The molecule has 30 heavy (non-hydrogen) atoms. The van der Waals surface area contributed by atoms with Gasteiger partial charge in [0.25, 0.3) is 5.91 Å². The van der Waals surface area contributed by atoms with E-state index in [9.17, 15) is 15.0 Å². The van der Waals surface area contributed by atoms with Crippen molar-refractivity contribution in [2.75, 3.05) is 36.2 Å². The van der Waals surface area contributed by atoms with Gasteiger partial charge >= 0.3 is 0 Å². The normalized spacial score (nSPS) is 18.2. The summed E-state index contributed by atoms with van der Waals surface area (Å²) in [7, 11) is 0. The topological polar surface area (TPSA) is 115 Å². The smallest absolute Gasteiger partial charge is 0.266 e. The molecule has 9 heteroatoms. The fraction of sp³-hybridized carbons (Fsp3) is 0.476. The van der Waals surface area contributed by atoms with Gasteiger partial charge in [-0.3, -0.25) is 9.79 Å². The molecule has 0 saturated carbocycles. The Morgan fingerprint density at radius 1 is 1.33 bits per heavy atom. The number of aromatic nitrogens is 1. The second-order valence-corrected chi connectivity index (χ2v) is 9.35. The first-order chi connectivity index (χ1) is 14.3. The van der Waals surface area contributed by atoms with Gasteiger partial charge in [-0.25, -0.2) is 4.98 Å². The highest BCUT2D eigenvalue weighted by atomic mass is 32.1. The number of nitrogens with two attached hydrogens (primary N) is 1. The van der Waals surface area contributed by atoms with Gasteiger partial charge in [0, 0.05) is 37.1 Å². The van der Waals surface area contributed by atoms with Crippen molar-refractivity contribution in [1.29, 1.82) is 0 Å². The van der Waals surface area contributed by atoms with Gasteiger partial charge in [0.15, 0.2) is 5.13 Å². The molecule has 1 saturated heterocycles. The van der Waals surface area contributed by atoms with E-state index in [1.807, 2.05) is 17.0 Å². The van der Waals surface area contributed by atoms with Crippen LogP contribution in [0.25, 0.3) is 10.2 Å². The highest BCUT2D eigenvalue weighted by molar-refractivity contribution is 7.22. The number of amides is 1. The predicted molar refractivity (Wildman–Crippen MR) is 120 cm³/mol. The van der Waals surface area contributed by atoms with Gasteiger partial charge in [-0.2, -0.15) is 0 Å². The van der Waals surface area contributed by atoms with Gasteiger partial charge in [0.05, 0.1) is 15.8 Å². The summed E-state index contributed by atoms with van der Waals surface area (Å²) < 4.78 is 1.02. The Kier molecular flexibility index (Phi) is 5.52. The van der Waals surface area contributed by atoms with Crippen LogP contribution in [0.3, 0.4) is 0 Å². The average molecular weight is 430 g/mol. The molecule has 1 aromatic heterocycles. The number of benzene rings is 1. The number of aliphatic hydroxyl groups is 2. The van der Waals surface area contributed by atoms with Gasteiger partial charge in [-0.15, -0.1) is 0 Å². The lowest BCUT2D eigenvalue weighted by molar-refractivity contribution is -0.111. The number of aliphatic hydroxyl groups excluding tert-OH is 1. The van der Waals surface area contributed by atoms with Gasteiger partial charge in [0.2, 0.25) is 0 Å². The fourth-order valence-corrected chi connectivity index (χ4v) is 4.88. The lowest BCUT2D eigenvalue weighted by Gasteiger charge is -2.30. The van der Waals surface area contributed by atoms with Crippen molar-refractivity contribution in [3.63, 3.8) is 0 Å². The Balaban J connectivity index is 1.68. The summed E-state index contributed by atoms with van der Waals surface area (Å²) in [5.74, 6) is -0.179. The first-order valence-electron chi connectivity index (χ1n) is 10.1. The number of fused-ring (bicyclic) bond motifs is 1. The van der Waals surface area contributed by atoms with Crippen LogP contribution in [0.5, 0.6) is 0 Å². The summed E-state index contributed by atoms with van der Waals surface area (Å²) in [5, 5.41) is 21.1. The third-order valence-corrected chi connectivity index (χ3v) is 6.74. The second-order valence-electron chi connectivity index (χ2n) is 8.34. The summed E-state index contributed by atoms with van der Waals surface area (Å²) in [6, 6.07) is 3.96. The zero-order valence-corrected chi connectivity index (χ0v) is 18.0. The number of hydrogen-bond acceptors (Lipinski definition) is 8. The molecule has 1 fully saturated rings. The Labute approximate surface area is 179 Å². The Hall–Kier alpha value is -2.49. The zero-order valence-electron chi connectivity index (χ0n) is 17.2. The van der Waals surface area contributed by atoms with Crippen LogP contribution < -0.4 is 15.5 Å². The van der Waals surface area contributed by atoms with Crippen LogP contribution in [0, 0.1) is 5.92 Å². The van der Waals surface area contributed by atoms with E-state index in [1.165, 1.54) is 0 Å². The number of hydrogen-bond donors (Lipinski definition) is 3.